The summed E-state index contributed by atoms with van der Waals surface area (Å²) in [5, 5.41) is 2.96. The fraction of sp³-hybridized carbons (Fsp3) is 0.600. The monoisotopic (exact) mass is 395 g/mol. The number of rotatable bonds is 4. The molecule has 0 atom stereocenters. The third kappa shape index (κ3) is 5.00. The second-order valence-corrected chi connectivity index (χ2v) is 7.60. The van der Waals surface area contributed by atoms with E-state index in [9.17, 15) is 9.59 Å². The largest absolute Gasteiger partial charge is 0.381 e. The zero-order valence-corrected chi connectivity index (χ0v) is 16.7. The summed E-state index contributed by atoms with van der Waals surface area (Å²) in [6.45, 7) is 5.30. The number of piperidine rings is 1. The zero-order chi connectivity index (χ0) is 18.6. The van der Waals surface area contributed by atoms with E-state index in [1.165, 1.54) is 0 Å². The molecule has 6 nitrogen and oxygen atoms in total. The minimum Gasteiger partial charge on any atom is -0.381 e. The lowest BCUT2D eigenvalue weighted by atomic mass is 9.79. The lowest BCUT2D eigenvalue weighted by Crippen LogP contribution is -2.46. The number of benzene rings is 1. The molecule has 0 bridgehead atoms. The van der Waals surface area contributed by atoms with Crippen LogP contribution in [0.2, 0.25) is 0 Å². The average Bonchev–Trinajstić information content (AvgIpc) is 2.69. The fourth-order valence-electron chi connectivity index (χ4n) is 3.64. The zero-order valence-electron chi connectivity index (χ0n) is 15.9. The minimum absolute atomic E-state index is 0. The smallest absolute Gasteiger partial charge is 0.253 e. The van der Waals surface area contributed by atoms with Crippen LogP contribution < -0.4 is 11.1 Å². The van der Waals surface area contributed by atoms with Gasteiger partial charge in [0.05, 0.1) is 5.41 Å². The first kappa shape index (κ1) is 21.7. The van der Waals surface area contributed by atoms with Crippen LogP contribution in [0.5, 0.6) is 0 Å². The van der Waals surface area contributed by atoms with Gasteiger partial charge in [0.2, 0.25) is 5.91 Å². The van der Waals surface area contributed by atoms with Gasteiger partial charge in [-0.05, 0) is 55.9 Å². The van der Waals surface area contributed by atoms with E-state index < -0.39 is 5.41 Å². The van der Waals surface area contributed by atoms with Gasteiger partial charge in [0.1, 0.15) is 0 Å². The molecule has 150 valence electrons. The van der Waals surface area contributed by atoms with Crippen molar-refractivity contribution in [3.63, 3.8) is 0 Å². The number of ether oxygens (including phenoxy) is 1. The van der Waals surface area contributed by atoms with E-state index in [-0.39, 0.29) is 24.2 Å². The Bertz CT molecular complexity index is 636. The van der Waals surface area contributed by atoms with E-state index in [1.807, 2.05) is 4.90 Å². The molecule has 3 rings (SSSR count). The summed E-state index contributed by atoms with van der Waals surface area (Å²) in [4.78, 5) is 27.2. The Morgan fingerprint density at radius 1 is 1.19 bits per heavy atom. The molecule has 1 aromatic rings. The number of hydrogen-bond acceptors (Lipinski definition) is 4. The van der Waals surface area contributed by atoms with E-state index in [1.54, 1.807) is 24.3 Å². The third-order valence-corrected chi connectivity index (χ3v) is 5.78. The lowest BCUT2D eigenvalue weighted by Gasteiger charge is -2.34. The van der Waals surface area contributed by atoms with Crippen molar-refractivity contribution < 1.29 is 14.3 Å². The Morgan fingerprint density at radius 3 is 2.33 bits per heavy atom. The highest BCUT2D eigenvalue weighted by molar-refractivity contribution is 5.97. The van der Waals surface area contributed by atoms with Crippen LogP contribution in [0.4, 0.5) is 5.69 Å². The maximum Gasteiger partial charge on any atom is 0.253 e. The first-order valence-electron chi connectivity index (χ1n) is 9.53. The molecule has 2 heterocycles. The number of nitrogens with two attached hydrogens (primary N) is 1. The summed E-state index contributed by atoms with van der Waals surface area (Å²) in [6.07, 6.45) is 3.40. The summed E-state index contributed by atoms with van der Waals surface area (Å²) >= 11 is 0. The molecule has 0 saturated carbocycles. The van der Waals surface area contributed by atoms with Gasteiger partial charge in [-0.1, -0.05) is 6.92 Å². The topological polar surface area (TPSA) is 84.7 Å². The lowest BCUT2D eigenvalue weighted by molar-refractivity contribution is -0.130. The third-order valence-electron chi connectivity index (χ3n) is 5.78. The predicted molar refractivity (Wildman–Crippen MR) is 108 cm³/mol. The van der Waals surface area contributed by atoms with Gasteiger partial charge in [0.15, 0.2) is 0 Å². The second-order valence-electron chi connectivity index (χ2n) is 7.60. The van der Waals surface area contributed by atoms with Gasteiger partial charge in [-0.15, -0.1) is 12.4 Å². The maximum atomic E-state index is 12.7. The Labute approximate surface area is 167 Å². The van der Waals surface area contributed by atoms with Crippen LogP contribution in [0, 0.1) is 11.3 Å². The van der Waals surface area contributed by atoms with Crippen molar-refractivity contribution >= 4 is 29.9 Å². The van der Waals surface area contributed by atoms with Gasteiger partial charge in [-0.2, -0.15) is 0 Å². The van der Waals surface area contributed by atoms with E-state index in [4.69, 9.17) is 10.5 Å². The van der Waals surface area contributed by atoms with E-state index in [2.05, 4.69) is 12.2 Å². The molecule has 2 fully saturated rings. The molecular weight excluding hydrogens is 366 g/mol. The summed E-state index contributed by atoms with van der Waals surface area (Å²) < 4.78 is 5.36. The molecule has 0 unspecified atom stereocenters. The highest BCUT2D eigenvalue weighted by Gasteiger charge is 2.38. The van der Waals surface area contributed by atoms with Crippen molar-refractivity contribution in [3.05, 3.63) is 29.8 Å². The van der Waals surface area contributed by atoms with Crippen molar-refractivity contribution in [3.8, 4) is 0 Å². The number of halogens is 1. The average molecular weight is 396 g/mol. The van der Waals surface area contributed by atoms with Crippen LogP contribution in [0.1, 0.15) is 43.0 Å². The van der Waals surface area contributed by atoms with Crippen LogP contribution in [0.15, 0.2) is 24.3 Å². The molecule has 2 amide bonds. The van der Waals surface area contributed by atoms with Gasteiger partial charge in [-0.3, -0.25) is 9.59 Å². The molecule has 2 aliphatic heterocycles. The molecule has 27 heavy (non-hydrogen) atoms. The Balaban J connectivity index is 0.00000261. The van der Waals surface area contributed by atoms with Crippen LogP contribution >= 0.6 is 12.4 Å². The molecule has 1 aromatic carbocycles. The Kier molecular flexibility index (Phi) is 7.65. The summed E-state index contributed by atoms with van der Waals surface area (Å²) in [5.74, 6) is 0.696. The van der Waals surface area contributed by atoms with E-state index >= 15 is 0 Å². The van der Waals surface area contributed by atoms with Crippen LogP contribution in [-0.2, 0) is 9.53 Å². The molecule has 7 heteroatoms. The van der Waals surface area contributed by atoms with Gasteiger partial charge < -0.3 is 20.7 Å². The number of hydrogen-bond donors (Lipinski definition) is 2. The Hall–Kier alpha value is -1.63. The van der Waals surface area contributed by atoms with Crippen molar-refractivity contribution in [1.29, 1.82) is 0 Å². The molecule has 0 radical (unpaired) electrons. The van der Waals surface area contributed by atoms with Crippen molar-refractivity contribution in [2.75, 3.05) is 38.2 Å². The van der Waals surface area contributed by atoms with E-state index in [0.29, 0.717) is 49.8 Å². The minimum atomic E-state index is -0.558. The predicted octanol–water partition coefficient (Wildman–Crippen LogP) is 2.67. The summed E-state index contributed by atoms with van der Waals surface area (Å²) in [5.41, 5.74) is 6.68. The maximum absolute atomic E-state index is 12.7. The molecule has 0 aliphatic carbocycles. The molecule has 0 spiro atoms. The first-order chi connectivity index (χ1) is 12.5. The number of nitrogens with one attached hydrogen (secondary N) is 1. The number of likely N-dealkylation sites (tertiary alicyclic amines) is 1. The van der Waals surface area contributed by atoms with Crippen LogP contribution in [0.25, 0.3) is 0 Å². The molecule has 2 saturated heterocycles. The molecule has 2 aliphatic rings. The Morgan fingerprint density at radius 2 is 1.78 bits per heavy atom. The van der Waals surface area contributed by atoms with Crippen LogP contribution in [-0.4, -0.2) is 49.6 Å². The van der Waals surface area contributed by atoms with Gasteiger partial charge in [-0.25, -0.2) is 0 Å². The first-order valence-corrected chi connectivity index (χ1v) is 9.53. The van der Waals surface area contributed by atoms with Crippen molar-refractivity contribution in [2.24, 2.45) is 17.1 Å². The quantitative estimate of drug-likeness (QED) is 0.820. The molecule has 3 N–H and O–H groups in total. The number of nitrogens with zero attached hydrogens (tertiary/aromatic N) is 1. The van der Waals surface area contributed by atoms with Crippen LogP contribution in [0.3, 0.4) is 0 Å². The normalized spacial score (nSPS) is 19.9. The summed E-state index contributed by atoms with van der Waals surface area (Å²) in [6, 6.07) is 7.16. The second kappa shape index (κ2) is 9.53. The molecule has 0 aromatic heterocycles. The van der Waals surface area contributed by atoms with E-state index in [0.717, 1.165) is 25.9 Å². The number of amides is 2. The highest BCUT2D eigenvalue weighted by atomic mass is 35.5. The fourth-order valence-corrected chi connectivity index (χ4v) is 3.64. The molecular formula is C20H30ClN3O3. The van der Waals surface area contributed by atoms with Gasteiger partial charge in [0, 0.05) is 44.1 Å². The SMILES string of the molecule is CC1CCN(C(=O)c2ccc(NC(=O)C3(CN)CCOCC3)cc2)CC1.Cl. The van der Waals surface area contributed by atoms with Crippen molar-refractivity contribution in [2.45, 2.75) is 32.6 Å². The van der Waals surface area contributed by atoms with Crippen molar-refractivity contribution in [1.82, 2.24) is 4.90 Å². The number of carbonyl (C=O) groups excluding carboxylic acids is 2. The van der Waals surface area contributed by atoms with Gasteiger partial charge >= 0.3 is 0 Å². The number of carbonyl (C=O) groups is 2. The number of anilines is 1. The standard InChI is InChI=1S/C20H29N3O3.ClH/c1-15-6-10-23(11-7-15)18(24)16-2-4-17(5-3-16)22-19(25)20(14-21)8-12-26-13-9-20;/h2-5,15H,6-14,21H2,1H3,(H,22,25);1H. The highest BCUT2D eigenvalue weighted by Crippen LogP contribution is 2.31. The summed E-state index contributed by atoms with van der Waals surface area (Å²) in [7, 11) is 0. The van der Waals surface area contributed by atoms with Gasteiger partial charge in [0.25, 0.3) is 5.91 Å².